The minimum absolute atomic E-state index is 0. The van der Waals surface area contributed by atoms with E-state index in [2.05, 4.69) is 22.3 Å². The fraction of sp³-hybridized carbons (Fsp3) is 0.421. The molecule has 0 aromatic heterocycles. The van der Waals surface area contributed by atoms with Crippen molar-refractivity contribution in [2.24, 2.45) is 5.92 Å². The minimum atomic E-state index is -3.63. The third-order valence-corrected chi connectivity index (χ3v) is 6.31. The summed E-state index contributed by atoms with van der Waals surface area (Å²) in [5, 5.41) is 8.10. The maximum Gasteiger partial charge on any atom is 0.240 e. The molecule has 3 N–H and O–H groups in total. The standard InChI is InChI=1S/C19H25N3O3S.ClH/c1-14-8-10-20-13-18(14)22-19(23)9-11-21-26(24,25)17-7-6-15-4-2-3-5-16(15)12-17;/h2-7,12,14,18,20-21H,8-11,13H2,1H3,(H,22,23);1H. The van der Waals surface area contributed by atoms with Gasteiger partial charge in [0.15, 0.2) is 0 Å². The number of amides is 1. The van der Waals surface area contributed by atoms with Crippen LogP contribution in [0.5, 0.6) is 0 Å². The first kappa shape index (κ1) is 21.6. The Kier molecular flexibility index (Phi) is 7.61. The third-order valence-electron chi connectivity index (χ3n) is 4.85. The Morgan fingerprint density at radius 2 is 1.93 bits per heavy atom. The quantitative estimate of drug-likeness (QED) is 0.678. The number of carbonyl (C=O) groups excluding carboxylic acids is 1. The Hall–Kier alpha value is -1.67. The number of benzene rings is 2. The molecule has 0 aliphatic carbocycles. The van der Waals surface area contributed by atoms with Crippen LogP contribution in [0.4, 0.5) is 0 Å². The van der Waals surface area contributed by atoms with Gasteiger partial charge in [0.1, 0.15) is 0 Å². The van der Waals surface area contributed by atoms with Crippen LogP contribution < -0.4 is 15.4 Å². The summed E-state index contributed by atoms with van der Waals surface area (Å²) < 4.78 is 27.4. The summed E-state index contributed by atoms with van der Waals surface area (Å²) in [5.41, 5.74) is 0. The van der Waals surface area contributed by atoms with E-state index in [9.17, 15) is 13.2 Å². The van der Waals surface area contributed by atoms with Gasteiger partial charge in [-0.25, -0.2) is 13.1 Å². The van der Waals surface area contributed by atoms with E-state index >= 15 is 0 Å². The molecule has 3 rings (SSSR count). The lowest BCUT2D eigenvalue weighted by Gasteiger charge is -2.30. The Morgan fingerprint density at radius 3 is 2.67 bits per heavy atom. The predicted octanol–water partition coefficient (Wildman–Crippen LogP) is 2.04. The molecule has 1 aliphatic rings. The van der Waals surface area contributed by atoms with E-state index in [0.717, 1.165) is 30.3 Å². The van der Waals surface area contributed by atoms with Crippen molar-refractivity contribution in [1.82, 2.24) is 15.4 Å². The summed E-state index contributed by atoms with van der Waals surface area (Å²) in [4.78, 5) is 12.3. The van der Waals surface area contributed by atoms with Crippen LogP contribution in [0.15, 0.2) is 47.4 Å². The van der Waals surface area contributed by atoms with Crippen LogP contribution in [-0.2, 0) is 14.8 Å². The molecule has 1 saturated heterocycles. The SMILES string of the molecule is CC1CCNCC1NC(=O)CCNS(=O)(=O)c1ccc2ccccc2c1.Cl. The van der Waals surface area contributed by atoms with E-state index in [1.165, 1.54) is 0 Å². The number of rotatable bonds is 6. The Balaban J connectivity index is 0.00000261. The number of halogens is 1. The molecule has 8 heteroatoms. The molecule has 0 spiro atoms. The number of piperidine rings is 1. The number of sulfonamides is 1. The van der Waals surface area contributed by atoms with Gasteiger partial charge in [-0.15, -0.1) is 12.4 Å². The van der Waals surface area contributed by atoms with Crippen molar-refractivity contribution in [2.45, 2.75) is 30.7 Å². The van der Waals surface area contributed by atoms with Gasteiger partial charge in [-0.3, -0.25) is 4.79 Å². The molecule has 1 aliphatic heterocycles. The summed E-state index contributed by atoms with van der Waals surface area (Å²) in [6.07, 6.45) is 1.15. The lowest BCUT2D eigenvalue weighted by atomic mass is 9.95. The molecular formula is C19H26ClN3O3S. The first-order valence-electron chi connectivity index (χ1n) is 8.94. The van der Waals surface area contributed by atoms with E-state index < -0.39 is 10.0 Å². The fourth-order valence-corrected chi connectivity index (χ4v) is 4.25. The zero-order chi connectivity index (χ0) is 18.6. The molecule has 0 saturated carbocycles. The summed E-state index contributed by atoms with van der Waals surface area (Å²) in [7, 11) is -3.63. The van der Waals surface area contributed by atoms with E-state index in [1.807, 2.05) is 24.3 Å². The number of carbonyl (C=O) groups is 1. The van der Waals surface area contributed by atoms with Gasteiger partial charge >= 0.3 is 0 Å². The highest BCUT2D eigenvalue weighted by Gasteiger charge is 2.22. The molecule has 2 unspecified atom stereocenters. The monoisotopic (exact) mass is 411 g/mol. The van der Waals surface area contributed by atoms with Crippen molar-refractivity contribution in [2.75, 3.05) is 19.6 Å². The molecule has 2 atom stereocenters. The molecule has 1 fully saturated rings. The molecule has 1 amide bonds. The maximum absolute atomic E-state index is 12.4. The second-order valence-corrected chi connectivity index (χ2v) is 8.57. The maximum atomic E-state index is 12.4. The topological polar surface area (TPSA) is 87.3 Å². The largest absolute Gasteiger partial charge is 0.352 e. The van der Waals surface area contributed by atoms with Gasteiger partial charge in [0.25, 0.3) is 0 Å². The molecule has 2 aromatic rings. The second-order valence-electron chi connectivity index (χ2n) is 6.80. The average Bonchev–Trinajstić information content (AvgIpc) is 2.63. The molecule has 148 valence electrons. The van der Waals surface area contributed by atoms with Crippen LogP contribution in [0.2, 0.25) is 0 Å². The Morgan fingerprint density at radius 1 is 1.19 bits per heavy atom. The molecule has 1 heterocycles. The third kappa shape index (κ3) is 5.65. The molecule has 0 bridgehead atoms. The lowest BCUT2D eigenvalue weighted by molar-refractivity contribution is -0.122. The van der Waals surface area contributed by atoms with Crippen LogP contribution in [-0.4, -0.2) is 40.0 Å². The molecular weight excluding hydrogens is 386 g/mol. The van der Waals surface area contributed by atoms with Crippen LogP contribution >= 0.6 is 12.4 Å². The fourth-order valence-electron chi connectivity index (χ4n) is 3.18. The van der Waals surface area contributed by atoms with Crippen molar-refractivity contribution < 1.29 is 13.2 Å². The Bertz CT molecular complexity index is 889. The molecule has 0 radical (unpaired) electrons. The second kappa shape index (κ2) is 9.50. The van der Waals surface area contributed by atoms with Crippen molar-refractivity contribution in [3.8, 4) is 0 Å². The number of hydrogen-bond donors (Lipinski definition) is 3. The minimum Gasteiger partial charge on any atom is -0.352 e. The average molecular weight is 412 g/mol. The van der Waals surface area contributed by atoms with Crippen LogP contribution in [0.3, 0.4) is 0 Å². The van der Waals surface area contributed by atoms with E-state index in [4.69, 9.17) is 0 Å². The van der Waals surface area contributed by atoms with E-state index in [0.29, 0.717) is 5.92 Å². The summed E-state index contributed by atoms with van der Waals surface area (Å²) in [5.74, 6) is 0.293. The zero-order valence-electron chi connectivity index (χ0n) is 15.3. The van der Waals surface area contributed by atoms with Crippen molar-refractivity contribution >= 4 is 39.1 Å². The smallest absolute Gasteiger partial charge is 0.240 e. The van der Waals surface area contributed by atoms with Gasteiger partial charge in [0, 0.05) is 25.6 Å². The van der Waals surface area contributed by atoms with Crippen molar-refractivity contribution in [1.29, 1.82) is 0 Å². The summed E-state index contributed by atoms with van der Waals surface area (Å²) in [6.45, 7) is 3.93. The molecule has 27 heavy (non-hydrogen) atoms. The number of hydrogen-bond acceptors (Lipinski definition) is 4. The number of nitrogens with one attached hydrogen (secondary N) is 3. The van der Waals surface area contributed by atoms with E-state index in [1.54, 1.807) is 18.2 Å². The van der Waals surface area contributed by atoms with E-state index in [-0.39, 0.29) is 42.2 Å². The van der Waals surface area contributed by atoms with Gasteiger partial charge in [-0.2, -0.15) is 0 Å². The first-order chi connectivity index (χ1) is 12.5. The Labute approximate surface area is 166 Å². The van der Waals surface area contributed by atoms with Crippen LogP contribution in [0.1, 0.15) is 19.8 Å². The van der Waals surface area contributed by atoms with Gasteiger partial charge in [0.05, 0.1) is 4.90 Å². The number of fused-ring (bicyclic) bond motifs is 1. The van der Waals surface area contributed by atoms with Gasteiger partial charge in [-0.1, -0.05) is 37.3 Å². The summed E-state index contributed by atoms with van der Waals surface area (Å²) >= 11 is 0. The predicted molar refractivity (Wildman–Crippen MR) is 110 cm³/mol. The highest BCUT2D eigenvalue weighted by atomic mass is 35.5. The van der Waals surface area contributed by atoms with Gasteiger partial charge < -0.3 is 10.6 Å². The zero-order valence-corrected chi connectivity index (χ0v) is 16.9. The van der Waals surface area contributed by atoms with Gasteiger partial charge in [-0.05, 0) is 41.8 Å². The lowest BCUT2D eigenvalue weighted by Crippen LogP contribution is -2.50. The molecule has 2 aromatic carbocycles. The highest BCUT2D eigenvalue weighted by molar-refractivity contribution is 7.89. The summed E-state index contributed by atoms with van der Waals surface area (Å²) in [6, 6.07) is 12.7. The molecule has 6 nitrogen and oxygen atoms in total. The van der Waals surface area contributed by atoms with Crippen LogP contribution in [0.25, 0.3) is 10.8 Å². The first-order valence-corrected chi connectivity index (χ1v) is 10.4. The van der Waals surface area contributed by atoms with Crippen LogP contribution in [0, 0.1) is 5.92 Å². The normalized spacial score (nSPS) is 20.0. The highest BCUT2D eigenvalue weighted by Crippen LogP contribution is 2.18. The van der Waals surface area contributed by atoms with Crippen molar-refractivity contribution in [3.63, 3.8) is 0 Å². The van der Waals surface area contributed by atoms with Crippen molar-refractivity contribution in [3.05, 3.63) is 42.5 Å². The van der Waals surface area contributed by atoms with Gasteiger partial charge in [0.2, 0.25) is 15.9 Å².